The third-order valence-corrected chi connectivity index (χ3v) is 6.58. The first kappa shape index (κ1) is 26.1. The van der Waals surface area contributed by atoms with Crippen molar-refractivity contribution in [2.75, 3.05) is 18.5 Å². The largest absolute Gasteiger partial charge is 0.360 e. The van der Waals surface area contributed by atoms with Crippen LogP contribution in [0.4, 0.5) is 10.2 Å². The zero-order chi connectivity index (χ0) is 26.5. The summed E-state index contributed by atoms with van der Waals surface area (Å²) in [5, 5.41) is 8.12. The van der Waals surface area contributed by atoms with Gasteiger partial charge in [0.15, 0.2) is 0 Å². The molecule has 0 aliphatic rings. The van der Waals surface area contributed by atoms with Crippen LogP contribution < -0.4 is 10.2 Å². The van der Waals surface area contributed by atoms with Gasteiger partial charge in [-0.3, -0.25) is 4.79 Å². The quantitative estimate of drug-likeness (QED) is 0.295. The van der Waals surface area contributed by atoms with Gasteiger partial charge < -0.3 is 15.0 Å². The molecule has 0 spiro atoms. The number of aryl methyl sites for hydroxylation is 1. The number of hydrogen-bond acceptors (Lipinski definition) is 4. The average Bonchev–Trinajstić information content (AvgIpc) is 3.25. The molecule has 0 saturated heterocycles. The molecule has 0 radical (unpaired) electrons. The number of nitrogens with one attached hydrogen (secondary N) is 1. The maximum Gasteiger partial charge on any atom is 0.251 e. The Bertz CT molecular complexity index is 1390. The average molecular weight is 519 g/mol. The molecule has 1 N–H and O–H groups in total. The SMILES string of the molecule is CCN(C)c1c(C(c2ccc(F)cc2)C(C=O)NC(=O)c2cccc(Cl)c2)c(C)nn1-c1ccccc1. The third kappa shape index (κ3) is 5.57. The summed E-state index contributed by atoms with van der Waals surface area (Å²) < 4.78 is 15.7. The molecule has 1 aromatic heterocycles. The van der Waals surface area contributed by atoms with Gasteiger partial charge in [0, 0.05) is 35.7 Å². The summed E-state index contributed by atoms with van der Waals surface area (Å²) >= 11 is 6.08. The summed E-state index contributed by atoms with van der Waals surface area (Å²) in [6.45, 7) is 4.56. The van der Waals surface area contributed by atoms with Crippen molar-refractivity contribution in [1.29, 1.82) is 0 Å². The summed E-state index contributed by atoms with van der Waals surface area (Å²) in [6, 6.07) is 21.2. The highest BCUT2D eigenvalue weighted by Gasteiger charge is 2.34. The Morgan fingerprint density at radius 3 is 2.43 bits per heavy atom. The molecule has 3 aromatic carbocycles. The van der Waals surface area contributed by atoms with Crippen LogP contribution >= 0.6 is 11.6 Å². The van der Waals surface area contributed by atoms with E-state index in [0.717, 1.165) is 17.1 Å². The number of aldehydes is 1. The Kier molecular flexibility index (Phi) is 8.04. The third-order valence-electron chi connectivity index (χ3n) is 6.35. The molecule has 4 rings (SSSR count). The molecule has 8 heteroatoms. The van der Waals surface area contributed by atoms with E-state index in [2.05, 4.69) is 5.32 Å². The molecule has 0 fully saturated rings. The molecule has 1 amide bonds. The van der Waals surface area contributed by atoms with Crippen LogP contribution in [0.5, 0.6) is 0 Å². The zero-order valence-electron chi connectivity index (χ0n) is 20.9. The van der Waals surface area contributed by atoms with Gasteiger partial charge >= 0.3 is 0 Å². The van der Waals surface area contributed by atoms with E-state index in [9.17, 15) is 14.0 Å². The maximum absolute atomic E-state index is 13.9. The highest BCUT2D eigenvalue weighted by molar-refractivity contribution is 6.31. The number of aromatic nitrogens is 2. The first-order valence-electron chi connectivity index (χ1n) is 12.0. The minimum absolute atomic E-state index is 0.333. The van der Waals surface area contributed by atoms with Crippen molar-refractivity contribution in [2.45, 2.75) is 25.8 Å². The van der Waals surface area contributed by atoms with Gasteiger partial charge in [-0.15, -0.1) is 0 Å². The molecule has 1 heterocycles. The van der Waals surface area contributed by atoms with Crippen LogP contribution in [-0.4, -0.2) is 41.6 Å². The zero-order valence-corrected chi connectivity index (χ0v) is 21.6. The number of benzene rings is 3. The van der Waals surface area contributed by atoms with Crippen LogP contribution in [0.1, 0.15) is 40.0 Å². The van der Waals surface area contributed by atoms with E-state index in [1.807, 2.05) is 60.8 Å². The van der Waals surface area contributed by atoms with E-state index in [-0.39, 0.29) is 0 Å². The molecule has 2 atom stereocenters. The predicted molar refractivity (Wildman–Crippen MR) is 144 cm³/mol. The number of nitrogens with zero attached hydrogens (tertiary/aromatic N) is 3. The highest BCUT2D eigenvalue weighted by atomic mass is 35.5. The number of hydrogen-bond donors (Lipinski definition) is 1. The molecule has 190 valence electrons. The smallest absolute Gasteiger partial charge is 0.251 e. The van der Waals surface area contributed by atoms with Gasteiger partial charge in [0.05, 0.1) is 17.4 Å². The van der Waals surface area contributed by atoms with Crippen LogP contribution in [0.3, 0.4) is 0 Å². The second-order valence-corrected chi connectivity index (χ2v) is 9.20. The lowest BCUT2D eigenvalue weighted by molar-refractivity contribution is -0.109. The monoisotopic (exact) mass is 518 g/mol. The standard InChI is InChI=1S/C29H28ClFN4O2/c1-4-34(3)29-26(19(2)33-35(29)24-11-6-5-7-12-24)27(20-13-15-23(31)16-14-20)25(18-36)32-28(37)21-9-8-10-22(30)17-21/h5-18,25,27H,4H2,1-3H3,(H,32,37). The Morgan fingerprint density at radius 1 is 1.11 bits per heavy atom. The topological polar surface area (TPSA) is 67.2 Å². The minimum atomic E-state index is -0.965. The molecule has 6 nitrogen and oxygen atoms in total. The van der Waals surface area contributed by atoms with Crippen molar-refractivity contribution in [3.63, 3.8) is 0 Å². The fourth-order valence-corrected chi connectivity index (χ4v) is 4.63. The summed E-state index contributed by atoms with van der Waals surface area (Å²) in [6.07, 6.45) is 0.714. The van der Waals surface area contributed by atoms with Crippen LogP contribution in [-0.2, 0) is 4.79 Å². The van der Waals surface area contributed by atoms with Crippen LogP contribution in [0.15, 0.2) is 78.9 Å². The van der Waals surface area contributed by atoms with Crippen LogP contribution in [0.2, 0.25) is 5.02 Å². The van der Waals surface area contributed by atoms with Gasteiger partial charge in [-0.2, -0.15) is 5.10 Å². The van der Waals surface area contributed by atoms with Crippen molar-refractivity contribution in [2.24, 2.45) is 0 Å². The van der Waals surface area contributed by atoms with Gasteiger partial charge in [-0.1, -0.05) is 48.0 Å². The van der Waals surface area contributed by atoms with E-state index in [1.165, 1.54) is 12.1 Å². The number of halogens is 2. The summed E-state index contributed by atoms with van der Waals surface area (Å²) in [5.74, 6) is -0.687. The lowest BCUT2D eigenvalue weighted by Crippen LogP contribution is -2.41. The maximum atomic E-state index is 13.9. The fraction of sp³-hybridized carbons (Fsp3) is 0.207. The second-order valence-electron chi connectivity index (χ2n) is 8.76. The highest BCUT2D eigenvalue weighted by Crippen LogP contribution is 2.38. The molecule has 37 heavy (non-hydrogen) atoms. The van der Waals surface area contributed by atoms with E-state index in [0.29, 0.717) is 34.7 Å². The molecule has 0 aliphatic heterocycles. The summed E-state index contributed by atoms with van der Waals surface area (Å²) in [7, 11) is 1.95. The molecule has 4 aromatic rings. The van der Waals surface area contributed by atoms with Gasteiger partial charge in [-0.25, -0.2) is 9.07 Å². The number of anilines is 1. The summed E-state index contributed by atoms with van der Waals surface area (Å²) in [4.78, 5) is 27.8. The Hall–Kier alpha value is -3.97. The van der Waals surface area contributed by atoms with Gasteiger partial charge in [0.1, 0.15) is 17.9 Å². The lowest BCUT2D eigenvalue weighted by Gasteiger charge is -2.28. The predicted octanol–water partition coefficient (Wildman–Crippen LogP) is 5.56. The molecular weight excluding hydrogens is 491 g/mol. The van der Waals surface area contributed by atoms with E-state index >= 15 is 0 Å². The van der Waals surface area contributed by atoms with E-state index in [1.54, 1.807) is 36.4 Å². The molecule has 0 aliphatic carbocycles. The van der Waals surface area contributed by atoms with Crippen molar-refractivity contribution < 1.29 is 14.0 Å². The molecule has 0 bridgehead atoms. The van der Waals surface area contributed by atoms with Crippen molar-refractivity contribution in [3.8, 4) is 5.69 Å². The van der Waals surface area contributed by atoms with Crippen molar-refractivity contribution in [3.05, 3.63) is 112 Å². The Balaban J connectivity index is 1.89. The Labute approximate surface area is 220 Å². The Morgan fingerprint density at radius 2 is 1.81 bits per heavy atom. The van der Waals surface area contributed by atoms with Gasteiger partial charge in [0.2, 0.25) is 0 Å². The molecule has 0 saturated carbocycles. The lowest BCUT2D eigenvalue weighted by atomic mass is 9.84. The second kappa shape index (κ2) is 11.4. The number of para-hydroxylation sites is 1. The van der Waals surface area contributed by atoms with Crippen molar-refractivity contribution >= 4 is 29.6 Å². The molecular formula is C29H28ClFN4O2. The first-order valence-corrected chi connectivity index (χ1v) is 12.3. The first-order chi connectivity index (χ1) is 17.8. The summed E-state index contributed by atoms with van der Waals surface area (Å²) in [5.41, 5.74) is 3.32. The van der Waals surface area contributed by atoms with Gasteiger partial charge in [-0.05, 0) is 61.9 Å². The fourth-order valence-electron chi connectivity index (χ4n) is 4.44. The number of amides is 1. The number of carbonyl (C=O) groups excluding carboxylic acids is 2. The normalized spacial score (nSPS) is 12.6. The van der Waals surface area contributed by atoms with E-state index < -0.39 is 23.7 Å². The van der Waals surface area contributed by atoms with Crippen LogP contribution in [0, 0.1) is 12.7 Å². The van der Waals surface area contributed by atoms with Crippen LogP contribution in [0.25, 0.3) is 5.69 Å². The number of rotatable bonds is 9. The minimum Gasteiger partial charge on any atom is -0.360 e. The number of carbonyl (C=O) groups is 2. The van der Waals surface area contributed by atoms with E-state index in [4.69, 9.17) is 16.7 Å². The van der Waals surface area contributed by atoms with Crippen molar-refractivity contribution in [1.82, 2.24) is 15.1 Å². The molecule has 2 unspecified atom stereocenters. The van der Waals surface area contributed by atoms with Gasteiger partial charge in [0.25, 0.3) is 5.91 Å².